The molecule has 0 radical (unpaired) electrons. The van der Waals surface area contributed by atoms with E-state index < -0.39 is 5.79 Å². The minimum absolute atomic E-state index is 0.529. The van der Waals surface area contributed by atoms with Crippen molar-refractivity contribution in [2.24, 2.45) is 0 Å². The topological polar surface area (TPSA) is 30.5 Å². The first-order valence-electron chi connectivity index (χ1n) is 6.78. The smallest absolute Gasteiger partial charge is 0.246 e. The molecule has 1 fully saturated rings. The van der Waals surface area contributed by atoms with Gasteiger partial charge >= 0.3 is 0 Å². The van der Waals surface area contributed by atoms with Crippen molar-refractivity contribution < 1.29 is 9.47 Å². The largest absolute Gasteiger partial charge is 0.449 e. The predicted molar refractivity (Wildman–Crippen MR) is 71.2 cm³/mol. The molecule has 1 atom stereocenters. The first-order chi connectivity index (χ1) is 8.53. The molecule has 1 N–H and O–H groups in total. The Labute approximate surface area is 108 Å². The minimum Gasteiger partial charge on any atom is -0.449 e. The van der Waals surface area contributed by atoms with Crippen molar-refractivity contribution in [3.8, 4) is 11.5 Å². The number of hydrogen-bond donors (Lipinski definition) is 1. The number of rotatable bonds is 2. The molecule has 1 aromatic carbocycles. The molecule has 2 aliphatic heterocycles. The predicted octanol–water partition coefficient (Wildman–Crippen LogP) is 2.80. The summed E-state index contributed by atoms with van der Waals surface area (Å²) in [4.78, 5) is 0. The first-order valence-corrected chi connectivity index (χ1v) is 6.78. The van der Waals surface area contributed by atoms with Crippen LogP contribution >= 0.6 is 0 Å². The van der Waals surface area contributed by atoms with E-state index in [0.717, 1.165) is 24.5 Å². The van der Waals surface area contributed by atoms with Crippen LogP contribution in [0.15, 0.2) is 12.1 Å². The zero-order chi connectivity index (χ0) is 12.8. The van der Waals surface area contributed by atoms with Crippen LogP contribution in [0, 0.1) is 6.92 Å². The highest BCUT2D eigenvalue weighted by atomic mass is 16.7. The van der Waals surface area contributed by atoms with Crippen molar-refractivity contribution in [1.82, 2.24) is 5.32 Å². The standard InChI is InChI=1S/C15H21NO2/c1-10-7-13-14(18-15(2,3)17-13)9-11(10)8-12-5-4-6-16-12/h7,9,12,16H,4-6,8H2,1-3H3. The summed E-state index contributed by atoms with van der Waals surface area (Å²) in [5.74, 6) is 1.23. The summed E-state index contributed by atoms with van der Waals surface area (Å²) in [5.41, 5.74) is 2.66. The Morgan fingerprint density at radius 2 is 2.00 bits per heavy atom. The molecule has 18 heavy (non-hydrogen) atoms. The minimum atomic E-state index is -0.529. The van der Waals surface area contributed by atoms with E-state index in [1.54, 1.807) is 0 Å². The van der Waals surface area contributed by atoms with Crippen LogP contribution in [0.3, 0.4) is 0 Å². The van der Waals surface area contributed by atoms with E-state index in [2.05, 4.69) is 24.4 Å². The molecule has 98 valence electrons. The molecule has 0 bridgehead atoms. The summed E-state index contributed by atoms with van der Waals surface area (Å²) in [7, 11) is 0. The van der Waals surface area contributed by atoms with Gasteiger partial charge in [-0.25, -0.2) is 0 Å². The van der Waals surface area contributed by atoms with Crippen molar-refractivity contribution in [2.45, 2.75) is 51.9 Å². The highest BCUT2D eigenvalue weighted by Gasteiger charge is 2.32. The van der Waals surface area contributed by atoms with E-state index in [4.69, 9.17) is 9.47 Å². The van der Waals surface area contributed by atoms with Gasteiger partial charge in [0.25, 0.3) is 0 Å². The van der Waals surface area contributed by atoms with Gasteiger partial charge in [-0.05, 0) is 56.0 Å². The fourth-order valence-corrected chi connectivity index (χ4v) is 2.83. The Balaban J connectivity index is 1.84. The first kappa shape index (κ1) is 11.8. The number of aryl methyl sites for hydroxylation is 1. The van der Waals surface area contributed by atoms with Crippen LogP contribution in [0.2, 0.25) is 0 Å². The van der Waals surface area contributed by atoms with E-state index >= 15 is 0 Å². The fourth-order valence-electron chi connectivity index (χ4n) is 2.83. The fraction of sp³-hybridized carbons (Fsp3) is 0.600. The normalized spacial score (nSPS) is 24.5. The monoisotopic (exact) mass is 247 g/mol. The molecule has 0 aromatic heterocycles. The molecule has 0 spiro atoms. The van der Waals surface area contributed by atoms with E-state index in [9.17, 15) is 0 Å². The summed E-state index contributed by atoms with van der Waals surface area (Å²) in [5, 5.41) is 3.54. The second kappa shape index (κ2) is 4.16. The maximum atomic E-state index is 5.81. The van der Waals surface area contributed by atoms with Crippen LogP contribution in [0.1, 0.15) is 37.8 Å². The second-order valence-corrected chi connectivity index (χ2v) is 5.83. The van der Waals surface area contributed by atoms with E-state index in [1.165, 1.54) is 24.0 Å². The van der Waals surface area contributed by atoms with Gasteiger partial charge < -0.3 is 14.8 Å². The summed E-state index contributed by atoms with van der Waals surface area (Å²) in [6.45, 7) is 7.20. The molecule has 0 aliphatic carbocycles. The van der Waals surface area contributed by atoms with Gasteiger partial charge in [0.2, 0.25) is 5.79 Å². The van der Waals surface area contributed by atoms with Crippen molar-refractivity contribution in [3.63, 3.8) is 0 Å². The number of nitrogens with one attached hydrogen (secondary N) is 1. The van der Waals surface area contributed by atoms with Crippen LogP contribution < -0.4 is 14.8 Å². The van der Waals surface area contributed by atoms with Crippen LogP contribution in [0.4, 0.5) is 0 Å². The molecule has 1 unspecified atom stereocenters. The second-order valence-electron chi connectivity index (χ2n) is 5.83. The maximum absolute atomic E-state index is 5.81. The highest BCUT2D eigenvalue weighted by molar-refractivity contribution is 5.49. The Morgan fingerprint density at radius 1 is 1.28 bits per heavy atom. The Kier molecular flexibility index (Phi) is 2.74. The van der Waals surface area contributed by atoms with Crippen LogP contribution in [-0.2, 0) is 6.42 Å². The maximum Gasteiger partial charge on any atom is 0.246 e. The van der Waals surface area contributed by atoms with Gasteiger partial charge in [-0.3, -0.25) is 0 Å². The highest BCUT2D eigenvalue weighted by Crippen LogP contribution is 2.41. The number of fused-ring (bicyclic) bond motifs is 1. The zero-order valence-electron chi connectivity index (χ0n) is 11.4. The van der Waals surface area contributed by atoms with Gasteiger partial charge in [-0.1, -0.05) is 0 Å². The Bertz CT molecular complexity index is 462. The molecular formula is C15H21NO2. The summed E-state index contributed by atoms with van der Waals surface area (Å²) >= 11 is 0. The van der Waals surface area contributed by atoms with Crippen molar-refractivity contribution in [3.05, 3.63) is 23.3 Å². The molecule has 3 nitrogen and oxygen atoms in total. The molecule has 3 heteroatoms. The number of benzene rings is 1. The van der Waals surface area contributed by atoms with Crippen LogP contribution in [-0.4, -0.2) is 18.4 Å². The zero-order valence-corrected chi connectivity index (χ0v) is 11.4. The lowest BCUT2D eigenvalue weighted by Crippen LogP contribution is -2.29. The quantitative estimate of drug-likeness (QED) is 0.871. The lowest BCUT2D eigenvalue weighted by atomic mass is 9.99. The molecule has 1 aromatic rings. The van der Waals surface area contributed by atoms with Crippen LogP contribution in [0.5, 0.6) is 11.5 Å². The SMILES string of the molecule is Cc1cc2c(cc1CC1CCCN1)OC(C)(C)O2. The third-order valence-corrected chi connectivity index (χ3v) is 3.74. The van der Waals surface area contributed by atoms with Crippen molar-refractivity contribution >= 4 is 0 Å². The van der Waals surface area contributed by atoms with Gasteiger partial charge in [-0.2, -0.15) is 0 Å². The van der Waals surface area contributed by atoms with Gasteiger partial charge in [0.1, 0.15) is 0 Å². The lowest BCUT2D eigenvalue weighted by Gasteiger charge is -2.16. The van der Waals surface area contributed by atoms with E-state index in [1.807, 2.05) is 13.8 Å². The summed E-state index contributed by atoms with van der Waals surface area (Å²) in [6, 6.07) is 4.88. The number of ether oxygens (including phenoxy) is 2. The summed E-state index contributed by atoms with van der Waals surface area (Å²) in [6.07, 6.45) is 3.66. The van der Waals surface area contributed by atoms with Crippen molar-refractivity contribution in [1.29, 1.82) is 0 Å². The van der Waals surface area contributed by atoms with Crippen LogP contribution in [0.25, 0.3) is 0 Å². The Morgan fingerprint density at radius 3 is 2.67 bits per heavy atom. The van der Waals surface area contributed by atoms with E-state index in [-0.39, 0.29) is 0 Å². The molecular weight excluding hydrogens is 226 g/mol. The molecule has 0 saturated carbocycles. The van der Waals surface area contributed by atoms with Gasteiger partial charge in [0, 0.05) is 19.9 Å². The van der Waals surface area contributed by atoms with E-state index in [0.29, 0.717) is 6.04 Å². The molecule has 2 heterocycles. The average molecular weight is 247 g/mol. The summed E-state index contributed by atoms with van der Waals surface area (Å²) < 4.78 is 11.6. The number of hydrogen-bond acceptors (Lipinski definition) is 3. The van der Waals surface area contributed by atoms with Gasteiger partial charge in [-0.15, -0.1) is 0 Å². The molecule has 2 aliphatic rings. The molecule has 0 amide bonds. The average Bonchev–Trinajstić information content (AvgIpc) is 2.85. The lowest BCUT2D eigenvalue weighted by molar-refractivity contribution is -0.0431. The molecule has 1 saturated heterocycles. The third kappa shape index (κ3) is 2.19. The third-order valence-electron chi connectivity index (χ3n) is 3.74. The van der Waals surface area contributed by atoms with Gasteiger partial charge in [0.05, 0.1) is 0 Å². The van der Waals surface area contributed by atoms with Crippen molar-refractivity contribution in [2.75, 3.05) is 6.54 Å². The molecule has 3 rings (SSSR count). The van der Waals surface area contributed by atoms with Gasteiger partial charge in [0.15, 0.2) is 11.5 Å². The Hall–Kier alpha value is -1.22.